The molecule has 0 spiro atoms. The molecule has 1 heterocycles. The first-order chi connectivity index (χ1) is 11.1. The molecule has 1 aromatic heterocycles. The number of halogens is 4. The van der Waals surface area contributed by atoms with E-state index < -0.39 is 29.0 Å². The van der Waals surface area contributed by atoms with Gasteiger partial charge in [0.15, 0.2) is 10.6 Å². The van der Waals surface area contributed by atoms with Gasteiger partial charge >= 0.3 is 6.18 Å². The monoisotopic (exact) mass is 362 g/mol. The molecule has 0 aliphatic heterocycles. The third-order valence-corrected chi connectivity index (χ3v) is 3.52. The molecular weight excluding hydrogens is 348 g/mol. The molecule has 0 fully saturated rings. The first kappa shape index (κ1) is 18.1. The predicted molar refractivity (Wildman–Crippen MR) is 80.4 cm³/mol. The highest BCUT2D eigenvalue weighted by molar-refractivity contribution is 7.71. The second kappa shape index (κ2) is 6.71. The van der Waals surface area contributed by atoms with Crippen LogP contribution in [-0.2, 0) is 12.7 Å². The Bertz CT molecular complexity index is 810. The van der Waals surface area contributed by atoms with Crippen molar-refractivity contribution in [1.29, 1.82) is 0 Å². The molecule has 1 amide bonds. The van der Waals surface area contributed by atoms with Gasteiger partial charge in [-0.25, -0.2) is 4.39 Å². The van der Waals surface area contributed by atoms with Crippen molar-refractivity contribution in [2.45, 2.75) is 32.6 Å². The van der Waals surface area contributed by atoms with E-state index in [4.69, 9.17) is 12.2 Å². The van der Waals surface area contributed by atoms with E-state index in [1.54, 1.807) is 4.57 Å². The molecule has 0 saturated heterocycles. The van der Waals surface area contributed by atoms with E-state index in [9.17, 15) is 22.4 Å². The number of benzene rings is 1. The summed E-state index contributed by atoms with van der Waals surface area (Å²) in [7, 11) is 0. The highest BCUT2D eigenvalue weighted by Gasteiger charge is 2.35. The Hall–Kier alpha value is -2.23. The highest BCUT2D eigenvalue weighted by Crippen LogP contribution is 2.32. The molecule has 0 saturated carbocycles. The Morgan fingerprint density at radius 2 is 2.08 bits per heavy atom. The van der Waals surface area contributed by atoms with Crippen LogP contribution in [0.5, 0.6) is 0 Å². The van der Waals surface area contributed by atoms with Crippen molar-refractivity contribution in [2.75, 3.05) is 0 Å². The zero-order chi connectivity index (χ0) is 18.1. The minimum Gasteiger partial charge on any atom is -0.345 e. The SMILES string of the molecule is CC(C)n1c(CNC(=O)c2ccc(F)cc2C(F)(F)F)n[nH]c1=S. The quantitative estimate of drug-likeness (QED) is 0.645. The fourth-order valence-corrected chi connectivity index (χ4v) is 2.56. The van der Waals surface area contributed by atoms with Crippen LogP contribution in [0.15, 0.2) is 18.2 Å². The molecule has 0 bridgehead atoms. The normalized spacial score (nSPS) is 11.8. The molecule has 2 N–H and O–H groups in total. The van der Waals surface area contributed by atoms with Crippen LogP contribution in [0, 0.1) is 10.6 Å². The van der Waals surface area contributed by atoms with E-state index in [-0.39, 0.29) is 12.6 Å². The third kappa shape index (κ3) is 3.81. The minimum absolute atomic E-state index is 0.0419. The summed E-state index contributed by atoms with van der Waals surface area (Å²) in [6.07, 6.45) is -4.84. The van der Waals surface area contributed by atoms with Crippen LogP contribution in [0.4, 0.5) is 17.6 Å². The zero-order valence-corrected chi connectivity index (χ0v) is 13.6. The van der Waals surface area contributed by atoms with Crippen LogP contribution < -0.4 is 5.32 Å². The molecule has 0 radical (unpaired) electrons. The number of hydrogen-bond donors (Lipinski definition) is 2. The fourth-order valence-electron chi connectivity index (χ4n) is 2.20. The fraction of sp³-hybridized carbons (Fsp3) is 0.357. The number of nitrogens with zero attached hydrogens (tertiary/aromatic N) is 2. The molecule has 0 aliphatic carbocycles. The number of alkyl halides is 3. The van der Waals surface area contributed by atoms with Crippen molar-refractivity contribution in [3.63, 3.8) is 0 Å². The second-order valence-electron chi connectivity index (χ2n) is 5.28. The smallest absolute Gasteiger partial charge is 0.345 e. The summed E-state index contributed by atoms with van der Waals surface area (Å²) in [5.41, 5.74) is -1.99. The third-order valence-electron chi connectivity index (χ3n) is 3.23. The molecule has 0 aliphatic rings. The Morgan fingerprint density at radius 3 is 2.67 bits per heavy atom. The summed E-state index contributed by atoms with van der Waals surface area (Å²) >= 11 is 5.05. The number of nitrogens with one attached hydrogen (secondary N) is 2. The minimum atomic E-state index is -4.84. The molecule has 2 aromatic rings. The number of amides is 1. The summed E-state index contributed by atoms with van der Waals surface area (Å²) in [6, 6.07) is 1.85. The average Bonchev–Trinajstić information content (AvgIpc) is 2.84. The summed E-state index contributed by atoms with van der Waals surface area (Å²) in [6.45, 7) is 3.57. The summed E-state index contributed by atoms with van der Waals surface area (Å²) < 4.78 is 53.9. The molecule has 5 nitrogen and oxygen atoms in total. The molecular formula is C14H14F4N4OS. The highest BCUT2D eigenvalue weighted by atomic mass is 32.1. The lowest BCUT2D eigenvalue weighted by molar-refractivity contribution is -0.138. The number of aromatic amines is 1. The maximum Gasteiger partial charge on any atom is 0.417 e. The van der Waals surface area contributed by atoms with Crippen molar-refractivity contribution in [1.82, 2.24) is 20.1 Å². The Balaban J connectivity index is 2.25. The number of hydrogen-bond acceptors (Lipinski definition) is 3. The van der Waals surface area contributed by atoms with Crippen LogP contribution >= 0.6 is 12.2 Å². The van der Waals surface area contributed by atoms with Crippen LogP contribution in [0.3, 0.4) is 0 Å². The van der Waals surface area contributed by atoms with E-state index in [1.165, 1.54) is 0 Å². The van der Waals surface area contributed by atoms with Crippen LogP contribution in [-0.4, -0.2) is 20.7 Å². The Labute approximate surface area is 139 Å². The molecule has 0 unspecified atom stereocenters. The standard InChI is InChI=1S/C14H14F4N4OS/c1-7(2)22-11(20-21-13(22)24)6-19-12(23)9-4-3-8(15)5-10(9)14(16,17)18/h3-5,7H,6H2,1-2H3,(H,19,23)(H,21,24). The maximum absolute atomic E-state index is 13.1. The lowest BCUT2D eigenvalue weighted by Gasteiger charge is -2.14. The van der Waals surface area contributed by atoms with Crippen molar-refractivity contribution < 1.29 is 22.4 Å². The van der Waals surface area contributed by atoms with E-state index in [2.05, 4.69) is 15.5 Å². The second-order valence-corrected chi connectivity index (χ2v) is 5.67. The first-order valence-corrected chi connectivity index (χ1v) is 7.32. The van der Waals surface area contributed by atoms with Gasteiger partial charge in [0.1, 0.15) is 5.82 Å². The Morgan fingerprint density at radius 1 is 1.42 bits per heavy atom. The van der Waals surface area contributed by atoms with Crippen LogP contribution in [0.2, 0.25) is 0 Å². The summed E-state index contributed by atoms with van der Waals surface area (Å²) in [4.78, 5) is 12.1. The van der Waals surface area contributed by atoms with Gasteiger partial charge in [0.25, 0.3) is 5.91 Å². The van der Waals surface area contributed by atoms with Gasteiger partial charge in [0.2, 0.25) is 0 Å². The van der Waals surface area contributed by atoms with Gasteiger partial charge in [0.05, 0.1) is 17.7 Å². The average molecular weight is 362 g/mol. The van der Waals surface area contributed by atoms with Gasteiger partial charge in [-0.05, 0) is 44.3 Å². The lowest BCUT2D eigenvalue weighted by atomic mass is 10.1. The van der Waals surface area contributed by atoms with Gasteiger partial charge in [-0.15, -0.1) is 0 Å². The number of H-pyrrole nitrogens is 1. The van der Waals surface area contributed by atoms with Crippen molar-refractivity contribution in [2.24, 2.45) is 0 Å². The van der Waals surface area contributed by atoms with E-state index in [1.807, 2.05) is 13.8 Å². The van der Waals surface area contributed by atoms with Crippen LogP contribution in [0.1, 0.15) is 41.6 Å². The van der Waals surface area contributed by atoms with E-state index >= 15 is 0 Å². The molecule has 24 heavy (non-hydrogen) atoms. The maximum atomic E-state index is 13.1. The number of carbonyl (C=O) groups excluding carboxylic acids is 1. The van der Waals surface area contributed by atoms with Gasteiger partial charge < -0.3 is 9.88 Å². The molecule has 10 heteroatoms. The van der Waals surface area contributed by atoms with Gasteiger partial charge in [0, 0.05) is 6.04 Å². The summed E-state index contributed by atoms with van der Waals surface area (Å²) in [5.74, 6) is -1.68. The zero-order valence-electron chi connectivity index (χ0n) is 12.7. The van der Waals surface area contributed by atoms with Gasteiger partial charge in [-0.3, -0.25) is 9.89 Å². The molecule has 2 rings (SSSR count). The van der Waals surface area contributed by atoms with E-state index in [0.717, 1.165) is 12.1 Å². The summed E-state index contributed by atoms with van der Waals surface area (Å²) in [5, 5.41) is 8.84. The van der Waals surface area contributed by atoms with E-state index in [0.29, 0.717) is 16.7 Å². The number of aromatic nitrogens is 3. The van der Waals surface area contributed by atoms with Crippen molar-refractivity contribution >= 4 is 18.1 Å². The Kier molecular flexibility index (Phi) is 5.07. The predicted octanol–water partition coefficient (Wildman–Crippen LogP) is 3.61. The number of carbonyl (C=O) groups is 1. The van der Waals surface area contributed by atoms with Crippen molar-refractivity contribution in [3.8, 4) is 0 Å². The first-order valence-electron chi connectivity index (χ1n) is 6.92. The van der Waals surface area contributed by atoms with Gasteiger partial charge in [-0.2, -0.15) is 18.3 Å². The lowest BCUT2D eigenvalue weighted by Crippen LogP contribution is -2.27. The molecule has 1 aromatic carbocycles. The molecule has 130 valence electrons. The molecule has 0 atom stereocenters. The van der Waals surface area contributed by atoms with Crippen molar-refractivity contribution in [3.05, 3.63) is 45.7 Å². The topological polar surface area (TPSA) is 62.7 Å². The van der Waals surface area contributed by atoms with Gasteiger partial charge in [-0.1, -0.05) is 0 Å². The largest absolute Gasteiger partial charge is 0.417 e. The number of rotatable bonds is 4. The van der Waals surface area contributed by atoms with Crippen LogP contribution in [0.25, 0.3) is 0 Å².